The lowest BCUT2D eigenvalue weighted by molar-refractivity contribution is -0.122. The Morgan fingerprint density at radius 3 is 2.83 bits per heavy atom. The van der Waals surface area contributed by atoms with Crippen molar-refractivity contribution in [3.8, 4) is 0 Å². The molecule has 1 saturated carbocycles. The fourth-order valence-corrected chi connectivity index (χ4v) is 2.85. The van der Waals surface area contributed by atoms with Gasteiger partial charge in [0.15, 0.2) is 0 Å². The Labute approximate surface area is 139 Å². The van der Waals surface area contributed by atoms with Crippen LogP contribution in [0.4, 0.5) is 5.69 Å². The van der Waals surface area contributed by atoms with E-state index in [1.807, 2.05) is 24.3 Å². The molecule has 1 aromatic heterocycles. The van der Waals surface area contributed by atoms with Gasteiger partial charge < -0.3 is 10.6 Å². The Morgan fingerprint density at radius 2 is 2.08 bits per heavy atom. The number of benzene rings is 1. The molecule has 8 nitrogen and oxygen atoms in total. The molecule has 0 radical (unpaired) electrons. The first-order chi connectivity index (χ1) is 11.7. The molecule has 1 aliphatic carbocycles. The summed E-state index contributed by atoms with van der Waals surface area (Å²) >= 11 is 0. The Morgan fingerprint density at radius 1 is 1.25 bits per heavy atom. The molecule has 2 amide bonds. The molecule has 8 heteroatoms. The van der Waals surface area contributed by atoms with Crippen molar-refractivity contribution < 1.29 is 9.59 Å². The van der Waals surface area contributed by atoms with Gasteiger partial charge in [-0.05, 0) is 41.0 Å². The maximum atomic E-state index is 12.2. The first-order valence-corrected chi connectivity index (χ1v) is 8.08. The lowest BCUT2D eigenvalue weighted by Crippen LogP contribution is -2.27. The highest BCUT2D eigenvalue weighted by atomic mass is 16.2. The number of nitrogens with zero attached hydrogens (tertiary/aromatic N) is 4. The van der Waals surface area contributed by atoms with Crippen LogP contribution >= 0.6 is 0 Å². The average Bonchev–Trinajstić information content (AvgIpc) is 3.27. The zero-order valence-corrected chi connectivity index (χ0v) is 13.3. The highest BCUT2D eigenvalue weighted by molar-refractivity contribution is 5.92. The number of rotatable bonds is 6. The smallest absolute Gasteiger partial charge is 0.242 e. The maximum absolute atomic E-state index is 12.2. The van der Waals surface area contributed by atoms with Crippen molar-refractivity contribution in [2.75, 3.05) is 5.32 Å². The van der Waals surface area contributed by atoms with E-state index in [-0.39, 0.29) is 24.3 Å². The van der Waals surface area contributed by atoms with Gasteiger partial charge in [-0.15, -0.1) is 5.10 Å². The second-order valence-corrected chi connectivity index (χ2v) is 5.96. The summed E-state index contributed by atoms with van der Waals surface area (Å²) in [6, 6.07) is 7.51. The van der Waals surface area contributed by atoms with Crippen LogP contribution in [0.25, 0.3) is 0 Å². The van der Waals surface area contributed by atoms with E-state index in [0.29, 0.717) is 6.54 Å². The molecule has 3 rings (SSSR count). The third-order valence-electron chi connectivity index (χ3n) is 4.11. The van der Waals surface area contributed by atoms with Crippen molar-refractivity contribution >= 4 is 17.5 Å². The van der Waals surface area contributed by atoms with Gasteiger partial charge in [0, 0.05) is 18.2 Å². The molecule has 1 aromatic carbocycles. The molecule has 24 heavy (non-hydrogen) atoms. The van der Waals surface area contributed by atoms with Gasteiger partial charge in [0.25, 0.3) is 0 Å². The van der Waals surface area contributed by atoms with Gasteiger partial charge in [-0.2, -0.15) is 0 Å². The summed E-state index contributed by atoms with van der Waals surface area (Å²) in [6.07, 6.45) is 5.59. The molecular formula is C16H20N6O2. The number of nitrogens with one attached hydrogen (secondary N) is 2. The van der Waals surface area contributed by atoms with Crippen LogP contribution in [0.15, 0.2) is 30.6 Å². The lowest BCUT2D eigenvalue weighted by atomic mass is 10.1. The van der Waals surface area contributed by atoms with Gasteiger partial charge in [0.1, 0.15) is 12.9 Å². The van der Waals surface area contributed by atoms with Crippen LogP contribution in [-0.2, 0) is 22.7 Å². The molecule has 0 aliphatic heterocycles. The van der Waals surface area contributed by atoms with Gasteiger partial charge in [0.05, 0.1) is 0 Å². The monoisotopic (exact) mass is 328 g/mol. The molecule has 2 aromatic rings. The van der Waals surface area contributed by atoms with Crippen molar-refractivity contribution in [3.05, 3.63) is 36.2 Å². The average molecular weight is 328 g/mol. The van der Waals surface area contributed by atoms with E-state index in [2.05, 4.69) is 26.2 Å². The number of hydrogen-bond acceptors (Lipinski definition) is 5. The van der Waals surface area contributed by atoms with Gasteiger partial charge >= 0.3 is 0 Å². The molecule has 2 N–H and O–H groups in total. The van der Waals surface area contributed by atoms with Crippen LogP contribution < -0.4 is 10.6 Å². The summed E-state index contributed by atoms with van der Waals surface area (Å²) in [4.78, 5) is 24.0. The van der Waals surface area contributed by atoms with Crippen LogP contribution in [0, 0.1) is 5.92 Å². The highest BCUT2D eigenvalue weighted by Crippen LogP contribution is 2.26. The Balaban J connectivity index is 1.51. The standard InChI is InChI=1S/C16H20N6O2/c23-15(10-22-11-18-20-21-22)17-9-12-4-3-7-14(8-12)19-16(24)13-5-1-2-6-13/h3-4,7-8,11,13H,1-2,5-6,9-10H2,(H,17,23)(H,19,24). The zero-order chi connectivity index (χ0) is 16.8. The SMILES string of the molecule is O=C(Cn1cnnn1)NCc1cccc(NC(=O)C2CCCC2)c1. The Bertz CT molecular complexity index is 694. The van der Waals surface area contributed by atoms with Crippen molar-refractivity contribution in [1.29, 1.82) is 0 Å². The number of amides is 2. The topological polar surface area (TPSA) is 102 Å². The van der Waals surface area contributed by atoms with Crippen LogP contribution in [0.1, 0.15) is 31.2 Å². The van der Waals surface area contributed by atoms with Crippen LogP contribution in [-0.4, -0.2) is 32.0 Å². The zero-order valence-electron chi connectivity index (χ0n) is 13.3. The minimum absolute atomic E-state index is 0.0745. The lowest BCUT2D eigenvalue weighted by Gasteiger charge is -2.12. The Kier molecular flexibility index (Phi) is 5.15. The molecule has 1 heterocycles. The Hall–Kier alpha value is -2.77. The van der Waals surface area contributed by atoms with Crippen molar-refractivity contribution in [1.82, 2.24) is 25.5 Å². The van der Waals surface area contributed by atoms with Crippen LogP contribution in [0.3, 0.4) is 0 Å². The minimum atomic E-state index is -0.178. The number of hydrogen-bond donors (Lipinski definition) is 2. The molecule has 1 fully saturated rings. The predicted molar refractivity (Wildman–Crippen MR) is 86.7 cm³/mol. The van der Waals surface area contributed by atoms with E-state index in [0.717, 1.165) is 36.9 Å². The van der Waals surface area contributed by atoms with E-state index in [9.17, 15) is 9.59 Å². The fraction of sp³-hybridized carbons (Fsp3) is 0.438. The summed E-state index contributed by atoms with van der Waals surface area (Å²) in [7, 11) is 0. The van der Waals surface area contributed by atoms with E-state index in [4.69, 9.17) is 0 Å². The van der Waals surface area contributed by atoms with Gasteiger partial charge in [0.2, 0.25) is 11.8 Å². The largest absolute Gasteiger partial charge is 0.350 e. The molecule has 0 saturated heterocycles. The van der Waals surface area contributed by atoms with E-state index < -0.39 is 0 Å². The first-order valence-electron chi connectivity index (χ1n) is 8.08. The third-order valence-corrected chi connectivity index (χ3v) is 4.11. The summed E-state index contributed by atoms with van der Waals surface area (Å²) in [5.74, 6) is 0.0414. The second-order valence-electron chi connectivity index (χ2n) is 5.96. The second kappa shape index (κ2) is 7.67. The number of anilines is 1. The molecule has 126 valence electrons. The van der Waals surface area contributed by atoms with Crippen LogP contribution in [0.5, 0.6) is 0 Å². The van der Waals surface area contributed by atoms with Crippen LogP contribution in [0.2, 0.25) is 0 Å². The quantitative estimate of drug-likeness (QED) is 0.827. The van der Waals surface area contributed by atoms with E-state index >= 15 is 0 Å². The summed E-state index contributed by atoms with van der Waals surface area (Å²) in [5, 5.41) is 16.4. The molecule has 0 atom stereocenters. The number of tetrazole rings is 1. The summed E-state index contributed by atoms with van der Waals surface area (Å²) < 4.78 is 1.35. The maximum Gasteiger partial charge on any atom is 0.242 e. The van der Waals surface area contributed by atoms with Gasteiger partial charge in [-0.3, -0.25) is 9.59 Å². The van der Waals surface area contributed by atoms with Gasteiger partial charge in [-0.1, -0.05) is 25.0 Å². The predicted octanol–water partition coefficient (Wildman–Crippen LogP) is 1.12. The van der Waals surface area contributed by atoms with E-state index in [1.165, 1.54) is 11.0 Å². The summed E-state index contributed by atoms with van der Waals surface area (Å²) in [5.41, 5.74) is 1.68. The van der Waals surface area contributed by atoms with Crippen molar-refractivity contribution in [2.45, 2.75) is 38.8 Å². The van der Waals surface area contributed by atoms with Crippen molar-refractivity contribution in [2.24, 2.45) is 5.92 Å². The number of carbonyl (C=O) groups excluding carboxylic acids is 2. The normalized spacial score (nSPS) is 14.5. The highest BCUT2D eigenvalue weighted by Gasteiger charge is 2.22. The van der Waals surface area contributed by atoms with Gasteiger partial charge in [-0.25, -0.2) is 4.68 Å². The first kappa shape index (κ1) is 16.1. The summed E-state index contributed by atoms with van der Waals surface area (Å²) in [6.45, 7) is 0.458. The van der Waals surface area contributed by atoms with E-state index in [1.54, 1.807) is 0 Å². The molecule has 0 bridgehead atoms. The third kappa shape index (κ3) is 4.37. The molecule has 0 spiro atoms. The number of carbonyl (C=O) groups is 2. The minimum Gasteiger partial charge on any atom is -0.350 e. The molecule has 0 unspecified atom stereocenters. The van der Waals surface area contributed by atoms with Crippen molar-refractivity contribution in [3.63, 3.8) is 0 Å². The fourth-order valence-electron chi connectivity index (χ4n) is 2.85. The molecular weight excluding hydrogens is 308 g/mol. The number of aromatic nitrogens is 4. The molecule has 1 aliphatic rings.